The highest BCUT2D eigenvalue weighted by atomic mass is 16.4. The van der Waals surface area contributed by atoms with E-state index in [0.29, 0.717) is 5.52 Å². The largest absolute Gasteiger partial charge is 0.480 e. The Kier molecular flexibility index (Phi) is 2.34. The summed E-state index contributed by atoms with van der Waals surface area (Å²) in [5.74, 6) is -1.11. The summed E-state index contributed by atoms with van der Waals surface area (Å²) in [6.07, 6.45) is 1.31. The van der Waals surface area contributed by atoms with Gasteiger partial charge in [0.1, 0.15) is 6.54 Å². The van der Waals surface area contributed by atoms with Gasteiger partial charge in [0.25, 0.3) is 5.56 Å². The van der Waals surface area contributed by atoms with Crippen molar-refractivity contribution in [2.45, 2.75) is 6.54 Å². The summed E-state index contributed by atoms with van der Waals surface area (Å²) < 4.78 is 3.24. The molecule has 0 aromatic carbocycles. The lowest BCUT2D eigenvalue weighted by Crippen LogP contribution is -2.37. The smallest absolute Gasteiger partial charge is 0.331 e. The number of nitrogens with zero attached hydrogens (tertiary/aromatic N) is 4. The maximum absolute atomic E-state index is 11.9. The fourth-order valence-electron chi connectivity index (χ4n) is 1.66. The number of aliphatic carboxylic acids is 1. The summed E-state index contributed by atoms with van der Waals surface area (Å²) in [6.45, 7) is -0.420. The highest BCUT2D eigenvalue weighted by molar-refractivity contribution is 5.76. The molecule has 0 saturated heterocycles. The molecule has 0 aliphatic heterocycles. The van der Waals surface area contributed by atoms with E-state index in [2.05, 4.69) is 5.10 Å². The first-order valence-corrected chi connectivity index (χ1v) is 4.77. The van der Waals surface area contributed by atoms with E-state index in [4.69, 9.17) is 5.11 Å². The average Bonchev–Trinajstić information content (AvgIpc) is 2.66. The molecular formula is C9H10N4O4. The summed E-state index contributed by atoms with van der Waals surface area (Å²) in [5.41, 5.74) is -0.601. The van der Waals surface area contributed by atoms with Crippen LogP contribution < -0.4 is 11.2 Å². The minimum Gasteiger partial charge on any atom is -0.480 e. The van der Waals surface area contributed by atoms with Gasteiger partial charge in [-0.3, -0.25) is 18.7 Å². The Morgan fingerprint density at radius 1 is 1.35 bits per heavy atom. The molecule has 0 bridgehead atoms. The maximum atomic E-state index is 11.9. The van der Waals surface area contributed by atoms with Crippen LogP contribution in [0.3, 0.4) is 0 Å². The fraction of sp³-hybridized carbons (Fsp3) is 0.333. The molecule has 0 aliphatic carbocycles. The van der Waals surface area contributed by atoms with E-state index in [1.54, 1.807) is 0 Å². The molecule has 0 amide bonds. The Hall–Kier alpha value is -2.38. The number of carbonyl (C=O) groups is 1. The van der Waals surface area contributed by atoms with Crippen LogP contribution in [0.2, 0.25) is 0 Å². The van der Waals surface area contributed by atoms with Gasteiger partial charge in [-0.2, -0.15) is 5.10 Å². The van der Waals surface area contributed by atoms with E-state index in [9.17, 15) is 14.4 Å². The Morgan fingerprint density at radius 2 is 2.00 bits per heavy atom. The Bertz CT molecular complexity index is 721. The molecule has 0 spiro atoms. The molecule has 90 valence electrons. The monoisotopic (exact) mass is 238 g/mol. The molecule has 0 saturated carbocycles. The lowest BCUT2D eigenvalue weighted by Gasteiger charge is -2.04. The van der Waals surface area contributed by atoms with Crippen molar-refractivity contribution in [1.82, 2.24) is 18.9 Å². The highest BCUT2D eigenvalue weighted by Crippen LogP contribution is 2.05. The molecule has 0 atom stereocenters. The van der Waals surface area contributed by atoms with Crippen molar-refractivity contribution < 1.29 is 9.90 Å². The van der Waals surface area contributed by atoms with Crippen LogP contribution in [0.1, 0.15) is 0 Å². The summed E-state index contributed by atoms with van der Waals surface area (Å²) >= 11 is 0. The van der Waals surface area contributed by atoms with Gasteiger partial charge >= 0.3 is 11.7 Å². The fourth-order valence-corrected chi connectivity index (χ4v) is 1.66. The molecule has 2 rings (SSSR count). The van der Waals surface area contributed by atoms with Gasteiger partial charge in [0.2, 0.25) is 0 Å². The average molecular weight is 238 g/mol. The molecule has 0 fully saturated rings. The molecular weight excluding hydrogens is 228 g/mol. The zero-order valence-corrected chi connectivity index (χ0v) is 9.25. The van der Waals surface area contributed by atoms with Crippen LogP contribution in [-0.2, 0) is 25.4 Å². The van der Waals surface area contributed by atoms with Crippen molar-refractivity contribution in [3.05, 3.63) is 27.0 Å². The molecule has 2 heterocycles. The topological polar surface area (TPSA) is 99.1 Å². The van der Waals surface area contributed by atoms with Crippen molar-refractivity contribution in [3.63, 3.8) is 0 Å². The second-order valence-corrected chi connectivity index (χ2v) is 3.64. The normalized spacial score (nSPS) is 10.9. The number of rotatable bonds is 2. The number of hydrogen-bond acceptors (Lipinski definition) is 4. The maximum Gasteiger partial charge on any atom is 0.331 e. The van der Waals surface area contributed by atoms with Crippen LogP contribution in [0.5, 0.6) is 0 Å². The summed E-state index contributed by atoms with van der Waals surface area (Å²) in [5, 5.41) is 12.5. The zero-order chi connectivity index (χ0) is 12.7. The molecule has 17 heavy (non-hydrogen) atoms. The van der Waals surface area contributed by atoms with Crippen molar-refractivity contribution in [3.8, 4) is 0 Å². The molecule has 1 N–H and O–H groups in total. The first-order valence-electron chi connectivity index (χ1n) is 4.77. The third-order valence-electron chi connectivity index (χ3n) is 2.55. The van der Waals surface area contributed by atoms with Gasteiger partial charge in [-0.25, -0.2) is 9.48 Å². The lowest BCUT2D eigenvalue weighted by molar-refractivity contribution is -0.137. The first-order chi connectivity index (χ1) is 7.93. The van der Waals surface area contributed by atoms with Gasteiger partial charge in [-0.15, -0.1) is 0 Å². The summed E-state index contributed by atoms with van der Waals surface area (Å²) in [4.78, 5) is 34.1. The van der Waals surface area contributed by atoms with Gasteiger partial charge in [0.15, 0.2) is 5.52 Å². The standard InChI is InChI=1S/C9H10N4O4/c1-11-5-3-10-13(4-6(14)15)7(5)8(16)12(2)9(11)17/h3H,4H2,1-2H3,(H,14,15). The number of aryl methyl sites for hydroxylation is 1. The third kappa shape index (κ3) is 1.53. The second-order valence-electron chi connectivity index (χ2n) is 3.64. The van der Waals surface area contributed by atoms with Gasteiger partial charge in [0.05, 0.1) is 11.7 Å². The highest BCUT2D eigenvalue weighted by Gasteiger charge is 2.15. The van der Waals surface area contributed by atoms with Crippen molar-refractivity contribution in [2.75, 3.05) is 0 Å². The Morgan fingerprint density at radius 3 is 2.59 bits per heavy atom. The number of hydrogen-bond donors (Lipinski definition) is 1. The van der Waals surface area contributed by atoms with E-state index in [1.165, 1.54) is 24.9 Å². The number of carboxylic acid groups (broad SMARTS) is 1. The summed E-state index contributed by atoms with van der Waals surface area (Å²) in [7, 11) is 2.83. The zero-order valence-electron chi connectivity index (χ0n) is 9.25. The predicted molar refractivity (Wildman–Crippen MR) is 57.9 cm³/mol. The molecule has 2 aromatic heterocycles. The van der Waals surface area contributed by atoms with Crippen LogP contribution in [0.15, 0.2) is 15.8 Å². The minimum absolute atomic E-state index is 0.108. The Labute approximate surface area is 94.3 Å². The minimum atomic E-state index is -1.11. The van der Waals surface area contributed by atoms with E-state index in [0.717, 1.165) is 9.25 Å². The first kappa shape index (κ1) is 11.1. The molecule has 8 nitrogen and oxygen atoms in total. The van der Waals surface area contributed by atoms with Crippen LogP contribution in [-0.4, -0.2) is 30.0 Å². The molecule has 0 unspecified atom stereocenters. The third-order valence-corrected chi connectivity index (χ3v) is 2.55. The molecule has 2 aromatic rings. The van der Waals surface area contributed by atoms with Gasteiger partial charge in [0, 0.05) is 14.1 Å². The van der Waals surface area contributed by atoms with Crippen LogP contribution >= 0.6 is 0 Å². The van der Waals surface area contributed by atoms with Crippen molar-refractivity contribution >= 4 is 17.0 Å². The summed E-state index contributed by atoms with van der Waals surface area (Å²) in [6, 6.07) is 0. The van der Waals surface area contributed by atoms with E-state index in [1.807, 2.05) is 0 Å². The SMILES string of the molecule is Cn1c(=O)c2c(cnn2CC(=O)O)n(C)c1=O. The lowest BCUT2D eigenvalue weighted by atomic mass is 10.4. The van der Waals surface area contributed by atoms with Gasteiger partial charge in [-0.05, 0) is 0 Å². The molecule has 0 radical (unpaired) electrons. The molecule has 0 aliphatic rings. The predicted octanol–water partition coefficient (Wildman–Crippen LogP) is -1.48. The van der Waals surface area contributed by atoms with E-state index >= 15 is 0 Å². The van der Waals surface area contributed by atoms with Crippen LogP contribution in [0.4, 0.5) is 0 Å². The quantitative estimate of drug-likeness (QED) is 0.687. The molecule has 8 heteroatoms. The number of carboxylic acids is 1. The van der Waals surface area contributed by atoms with Gasteiger partial charge in [-0.1, -0.05) is 0 Å². The second kappa shape index (κ2) is 3.58. The van der Waals surface area contributed by atoms with Crippen LogP contribution in [0.25, 0.3) is 11.0 Å². The van der Waals surface area contributed by atoms with Crippen molar-refractivity contribution in [2.24, 2.45) is 14.1 Å². The van der Waals surface area contributed by atoms with Crippen molar-refractivity contribution in [1.29, 1.82) is 0 Å². The van der Waals surface area contributed by atoms with Crippen LogP contribution in [0, 0.1) is 0 Å². The van der Waals surface area contributed by atoms with Gasteiger partial charge < -0.3 is 5.11 Å². The number of aromatic nitrogens is 4. The Balaban J connectivity index is 2.90. The van der Waals surface area contributed by atoms with E-state index < -0.39 is 23.8 Å². The number of fused-ring (bicyclic) bond motifs is 1. The van der Waals surface area contributed by atoms with E-state index in [-0.39, 0.29) is 5.52 Å².